The van der Waals surface area contributed by atoms with Crippen LogP contribution in [0.2, 0.25) is 0 Å². The van der Waals surface area contributed by atoms with Gasteiger partial charge in [-0.25, -0.2) is 4.98 Å². The summed E-state index contributed by atoms with van der Waals surface area (Å²) in [4.78, 5) is 3.98. The summed E-state index contributed by atoms with van der Waals surface area (Å²) in [5, 5.41) is 11.9. The molecule has 2 N–H and O–H groups in total. The van der Waals surface area contributed by atoms with Crippen molar-refractivity contribution in [2.75, 3.05) is 5.32 Å². The first kappa shape index (κ1) is 13.4. The summed E-state index contributed by atoms with van der Waals surface area (Å²) in [7, 11) is 0. The Kier molecular flexibility index (Phi) is 3.71. The van der Waals surface area contributed by atoms with Crippen LogP contribution in [0.15, 0.2) is 42.6 Å². The summed E-state index contributed by atoms with van der Waals surface area (Å²) in [5.74, 6) is 0.337. The summed E-state index contributed by atoms with van der Waals surface area (Å²) in [5.41, 5.74) is 0.0436. The number of rotatable bonds is 3. The fraction of sp³-hybridized carbons (Fsp3) is 0.154. The molecule has 0 spiro atoms. The first-order chi connectivity index (χ1) is 9.00. The molecular formula is C13H11F3N2O. The molecule has 0 fully saturated rings. The maximum absolute atomic E-state index is 12.6. The molecule has 0 aliphatic rings. The average molecular weight is 268 g/mol. The molecule has 0 radical (unpaired) electrons. The van der Waals surface area contributed by atoms with Gasteiger partial charge in [0.15, 0.2) is 0 Å². The average Bonchev–Trinajstić information content (AvgIpc) is 2.39. The minimum absolute atomic E-state index is 0.241. The number of anilines is 2. The lowest BCUT2D eigenvalue weighted by Gasteiger charge is -2.11. The number of benzene rings is 1. The smallest absolute Gasteiger partial charge is 0.392 e. The molecule has 2 rings (SSSR count). The highest BCUT2D eigenvalue weighted by molar-refractivity contribution is 5.60. The van der Waals surface area contributed by atoms with Crippen molar-refractivity contribution in [2.24, 2.45) is 0 Å². The lowest BCUT2D eigenvalue weighted by atomic mass is 10.2. The van der Waals surface area contributed by atoms with Crippen molar-refractivity contribution in [3.63, 3.8) is 0 Å². The van der Waals surface area contributed by atoms with Crippen LogP contribution in [-0.4, -0.2) is 10.1 Å². The van der Waals surface area contributed by atoms with Gasteiger partial charge in [-0.15, -0.1) is 0 Å². The van der Waals surface area contributed by atoms with E-state index in [2.05, 4.69) is 10.3 Å². The Balaban J connectivity index is 2.29. The van der Waals surface area contributed by atoms with Crippen LogP contribution < -0.4 is 5.32 Å². The van der Waals surface area contributed by atoms with Crippen LogP contribution in [0.3, 0.4) is 0 Å². The van der Waals surface area contributed by atoms with Gasteiger partial charge in [-0.3, -0.25) is 0 Å². The van der Waals surface area contributed by atoms with Crippen LogP contribution in [0.5, 0.6) is 0 Å². The van der Waals surface area contributed by atoms with E-state index in [4.69, 9.17) is 5.11 Å². The van der Waals surface area contributed by atoms with Gasteiger partial charge in [-0.2, -0.15) is 13.2 Å². The number of nitrogens with zero attached hydrogens (tertiary/aromatic N) is 1. The predicted molar refractivity (Wildman–Crippen MR) is 64.9 cm³/mol. The third-order valence-electron chi connectivity index (χ3n) is 2.51. The number of nitrogens with one attached hydrogen (secondary N) is 1. The van der Waals surface area contributed by atoms with Crippen molar-refractivity contribution < 1.29 is 18.3 Å². The predicted octanol–water partition coefficient (Wildman–Crippen LogP) is 3.34. The van der Waals surface area contributed by atoms with Gasteiger partial charge < -0.3 is 10.4 Å². The molecule has 100 valence electrons. The Morgan fingerprint density at radius 3 is 2.63 bits per heavy atom. The molecule has 1 heterocycles. The standard InChI is InChI=1S/C13H11F3N2O/c14-13(15,16)10-4-1-5-11(7-10)18-12-9(8-19)3-2-6-17-12/h1-7,19H,8H2,(H,17,18). The molecule has 2 aromatic rings. The van der Waals surface area contributed by atoms with Gasteiger partial charge >= 0.3 is 6.18 Å². The minimum atomic E-state index is -4.39. The molecule has 3 nitrogen and oxygen atoms in total. The minimum Gasteiger partial charge on any atom is -0.392 e. The Hall–Kier alpha value is -2.08. The van der Waals surface area contributed by atoms with Crippen molar-refractivity contribution >= 4 is 11.5 Å². The maximum Gasteiger partial charge on any atom is 0.416 e. The van der Waals surface area contributed by atoms with Crippen molar-refractivity contribution in [1.82, 2.24) is 4.98 Å². The van der Waals surface area contributed by atoms with Gasteiger partial charge in [0.2, 0.25) is 0 Å². The lowest BCUT2D eigenvalue weighted by Crippen LogP contribution is -2.06. The summed E-state index contributed by atoms with van der Waals surface area (Å²) in [6.45, 7) is -0.241. The summed E-state index contributed by atoms with van der Waals surface area (Å²) < 4.78 is 37.7. The molecule has 0 unspecified atom stereocenters. The topological polar surface area (TPSA) is 45.2 Å². The van der Waals surface area contributed by atoms with Crippen LogP contribution in [0.25, 0.3) is 0 Å². The van der Waals surface area contributed by atoms with Crippen molar-refractivity contribution in [3.8, 4) is 0 Å². The maximum atomic E-state index is 12.6. The first-order valence-corrected chi connectivity index (χ1v) is 5.50. The largest absolute Gasteiger partial charge is 0.416 e. The third kappa shape index (κ3) is 3.23. The second kappa shape index (κ2) is 5.27. The molecule has 0 amide bonds. The first-order valence-electron chi connectivity index (χ1n) is 5.50. The van der Waals surface area contributed by atoms with E-state index in [9.17, 15) is 13.2 Å². The highest BCUT2D eigenvalue weighted by Gasteiger charge is 2.30. The van der Waals surface area contributed by atoms with E-state index in [-0.39, 0.29) is 12.3 Å². The number of aliphatic hydroxyl groups excluding tert-OH is 1. The van der Waals surface area contributed by atoms with Crippen molar-refractivity contribution in [3.05, 3.63) is 53.7 Å². The molecular weight excluding hydrogens is 257 g/mol. The van der Waals surface area contributed by atoms with E-state index in [0.29, 0.717) is 11.4 Å². The van der Waals surface area contributed by atoms with E-state index in [1.807, 2.05) is 0 Å². The zero-order chi connectivity index (χ0) is 13.9. The number of aliphatic hydroxyl groups is 1. The summed E-state index contributed by atoms with van der Waals surface area (Å²) in [6, 6.07) is 8.09. The fourth-order valence-electron chi connectivity index (χ4n) is 1.59. The Morgan fingerprint density at radius 1 is 1.16 bits per heavy atom. The Morgan fingerprint density at radius 2 is 1.95 bits per heavy atom. The molecule has 0 aliphatic carbocycles. The van der Waals surface area contributed by atoms with Crippen LogP contribution in [-0.2, 0) is 12.8 Å². The zero-order valence-electron chi connectivity index (χ0n) is 9.78. The molecule has 0 bridgehead atoms. The van der Waals surface area contributed by atoms with E-state index in [1.54, 1.807) is 12.1 Å². The summed E-state index contributed by atoms with van der Waals surface area (Å²) >= 11 is 0. The van der Waals surface area contributed by atoms with Gasteiger partial charge in [0.25, 0.3) is 0 Å². The number of alkyl halides is 3. The fourth-order valence-corrected chi connectivity index (χ4v) is 1.59. The molecule has 1 aromatic carbocycles. The zero-order valence-corrected chi connectivity index (χ0v) is 9.78. The van der Waals surface area contributed by atoms with Gasteiger partial charge in [0.05, 0.1) is 12.2 Å². The normalized spacial score (nSPS) is 11.4. The second-order valence-electron chi connectivity index (χ2n) is 3.87. The van der Waals surface area contributed by atoms with E-state index < -0.39 is 11.7 Å². The Labute approximate surface area is 107 Å². The van der Waals surface area contributed by atoms with Gasteiger partial charge in [-0.1, -0.05) is 12.1 Å². The third-order valence-corrected chi connectivity index (χ3v) is 2.51. The quantitative estimate of drug-likeness (QED) is 0.897. The molecule has 19 heavy (non-hydrogen) atoms. The molecule has 6 heteroatoms. The van der Waals surface area contributed by atoms with Gasteiger partial charge in [0, 0.05) is 17.4 Å². The number of pyridine rings is 1. The van der Waals surface area contributed by atoms with Crippen molar-refractivity contribution in [2.45, 2.75) is 12.8 Å². The molecule has 0 atom stereocenters. The number of aromatic nitrogens is 1. The molecule has 1 aromatic heterocycles. The van der Waals surface area contributed by atoms with Crippen LogP contribution in [0.4, 0.5) is 24.7 Å². The number of halogens is 3. The monoisotopic (exact) mass is 268 g/mol. The molecule has 0 aliphatic heterocycles. The van der Waals surface area contributed by atoms with E-state index in [0.717, 1.165) is 12.1 Å². The van der Waals surface area contributed by atoms with Gasteiger partial charge in [0.1, 0.15) is 5.82 Å². The van der Waals surface area contributed by atoms with Gasteiger partial charge in [-0.05, 0) is 24.3 Å². The number of hydrogen-bond acceptors (Lipinski definition) is 3. The summed E-state index contributed by atoms with van der Waals surface area (Å²) in [6.07, 6.45) is -2.89. The second-order valence-corrected chi connectivity index (χ2v) is 3.87. The van der Waals surface area contributed by atoms with E-state index >= 15 is 0 Å². The SMILES string of the molecule is OCc1cccnc1Nc1cccc(C(F)(F)F)c1. The molecule has 0 saturated carbocycles. The number of hydrogen-bond donors (Lipinski definition) is 2. The van der Waals surface area contributed by atoms with E-state index in [1.165, 1.54) is 18.3 Å². The van der Waals surface area contributed by atoms with Crippen LogP contribution in [0, 0.1) is 0 Å². The van der Waals surface area contributed by atoms with Crippen LogP contribution >= 0.6 is 0 Å². The molecule has 0 saturated heterocycles. The lowest BCUT2D eigenvalue weighted by molar-refractivity contribution is -0.137. The highest BCUT2D eigenvalue weighted by Crippen LogP contribution is 2.31. The Bertz CT molecular complexity index is 570. The highest BCUT2D eigenvalue weighted by atomic mass is 19.4. The van der Waals surface area contributed by atoms with Crippen LogP contribution in [0.1, 0.15) is 11.1 Å². The van der Waals surface area contributed by atoms with Crippen molar-refractivity contribution in [1.29, 1.82) is 0 Å².